The number of nitrogens with one attached hydrogen (secondary N) is 1. The predicted molar refractivity (Wildman–Crippen MR) is 126 cm³/mol. The second kappa shape index (κ2) is 10.8. The van der Waals surface area contributed by atoms with Gasteiger partial charge in [-0.1, -0.05) is 24.3 Å². The smallest absolute Gasteiger partial charge is 0.310 e. The van der Waals surface area contributed by atoms with Crippen molar-refractivity contribution in [2.24, 2.45) is 5.41 Å². The van der Waals surface area contributed by atoms with Crippen LogP contribution in [0.3, 0.4) is 0 Å². The quantitative estimate of drug-likeness (QED) is 0.418. The molecule has 0 radical (unpaired) electrons. The molecule has 0 saturated carbocycles. The zero-order valence-corrected chi connectivity index (χ0v) is 19.4. The van der Waals surface area contributed by atoms with Crippen LogP contribution in [0, 0.1) is 12.3 Å². The van der Waals surface area contributed by atoms with Crippen molar-refractivity contribution in [3.8, 4) is 5.88 Å². The Labute approximate surface area is 191 Å². The molecule has 1 atom stereocenters. The molecule has 0 bridgehead atoms. The second-order valence-corrected chi connectivity index (χ2v) is 8.57. The van der Waals surface area contributed by atoms with Crippen molar-refractivity contribution in [3.05, 3.63) is 70.9 Å². The number of nitrogens with zero attached hydrogens (tertiary/aromatic N) is 1. The Bertz CT molecular complexity index is 927. The molecule has 2 heterocycles. The normalized spacial score (nSPS) is 14.2. The first-order chi connectivity index (χ1) is 14.3. The highest BCUT2D eigenvalue weighted by Crippen LogP contribution is 2.43. The first-order valence-corrected chi connectivity index (χ1v) is 10.6. The number of halogens is 1. The van der Waals surface area contributed by atoms with Crippen molar-refractivity contribution in [3.63, 3.8) is 0 Å². The molecule has 1 aromatic carbocycles. The average Bonchev–Trinajstić information content (AvgIpc) is 2.72. The van der Waals surface area contributed by atoms with Gasteiger partial charge in [0.2, 0.25) is 5.88 Å². The van der Waals surface area contributed by atoms with Crippen molar-refractivity contribution in [2.45, 2.75) is 52.5 Å². The summed E-state index contributed by atoms with van der Waals surface area (Å²) in [6.45, 7) is 11.7. The molecule has 168 valence electrons. The molecule has 31 heavy (non-hydrogen) atoms. The van der Waals surface area contributed by atoms with Crippen LogP contribution >= 0.6 is 12.4 Å². The van der Waals surface area contributed by atoms with E-state index >= 15 is 0 Å². The van der Waals surface area contributed by atoms with Crippen molar-refractivity contribution in [1.82, 2.24) is 10.3 Å². The molecule has 1 aliphatic heterocycles. The highest BCUT2D eigenvalue weighted by atomic mass is 35.5. The topological polar surface area (TPSA) is 71.5 Å². The van der Waals surface area contributed by atoms with Crippen molar-refractivity contribution < 1.29 is 14.6 Å². The van der Waals surface area contributed by atoms with Crippen LogP contribution in [0.2, 0.25) is 0 Å². The van der Waals surface area contributed by atoms with E-state index in [4.69, 9.17) is 4.74 Å². The first kappa shape index (κ1) is 24.9. The summed E-state index contributed by atoms with van der Waals surface area (Å²) in [5, 5.41) is 13.4. The molecule has 2 aromatic rings. The van der Waals surface area contributed by atoms with Crippen molar-refractivity contribution in [2.75, 3.05) is 13.2 Å². The number of ether oxygens (including phenoxy) is 1. The Morgan fingerprint density at radius 1 is 1.35 bits per heavy atom. The van der Waals surface area contributed by atoms with Crippen LogP contribution < -0.4 is 10.1 Å². The number of hydrogen-bond donors (Lipinski definition) is 2. The van der Waals surface area contributed by atoms with E-state index < -0.39 is 11.4 Å². The third-order valence-corrected chi connectivity index (χ3v) is 5.96. The summed E-state index contributed by atoms with van der Waals surface area (Å²) in [7, 11) is 0. The molecule has 0 saturated heterocycles. The number of aryl methyl sites for hydroxylation is 1. The van der Waals surface area contributed by atoms with E-state index in [-0.39, 0.29) is 18.3 Å². The SMILES string of the molecule is C=CCCCOc1cc(C)c(C(c2ccc3c(c2)CNCC3)C(C)(C)C(=O)O)cn1.Cl. The third-order valence-electron chi connectivity index (χ3n) is 5.96. The highest BCUT2D eigenvalue weighted by Gasteiger charge is 2.40. The van der Waals surface area contributed by atoms with E-state index in [9.17, 15) is 9.90 Å². The lowest BCUT2D eigenvalue weighted by Crippen LogP contribution is -2.33. The molecule has 2 N–H and O–H groups in total. The lowest BCUT2D eigenvalue weighted by molar-refractivity contribution is -0.147. The lowest BCUT2D eigenvalue weighted by Gasteiger charge is -2.33. The number of hydrogen-bond acceptors (Lipinski definition) is 4. The van der Waals surface area contributed by atoms with E-state index in [1.165, 1.54) is 11.1 Å². The van der Waals surface area contributed by atoms with E-state index in [1.54, 1.807) is 20.0 Å². The van der Waals surface area contributed by atoms with Gasteiger partial charge in [0.25, 0.3) is 0 Å². The lowest BCUT2D eigenvalue weighted by atomic mass is 9.70. The van der Waals surface area contributed by atoms with Crippen LogP contribution in [0.1, 0.15) is 60.4 Å². The Morgan fingerprint density at radius 2 is 2.13 bits per heavy atom. The fraction of sp³-hybridized carbons (Fsp3) is 0.440. The second-order valence-electron chi connectivity index (χ2n) is 8.57. The number of unbranched alkanes of at least 4 members (excludes halogenated alkanes) is 1. The summed E-state index contributed by atoms with van der Waals surface area (Å²) in [5.41, 5.74) is 4.51. The number of benzene rings is 1. The molecule has 0 fully saturated rings. The summed E-state index contributed by atoms with van der Waals surface area (Å²) >= 11 is 0. The van der Waals surface area contributed by atoms with Crippen molar-refractivity contribution >= 4 is 18.4 Å². The van der Waals surface area contributed by atoms with Gasteiger partial charge >= 0.3 is 5.97 Å². The van der Waals surface area contributed by atoms with E-state index in [0.717, 1.165) is 49.0 Å². The predicted octanol–water partition coefficient (Wildman–Crippen LogP) is 5.05. The van der Waals surface area contributed by atoms with Gasteiger partial charge in [-0.15, -0.1) is 19.0 Å². The maximum atomic E-state index is 12.2. The van der Waals surface area contributed by atoms with Gasteiger partial charge in [-0.05, 0) is 74.4 Å². The standard InChI is InChI=1S/C25H32N2O3.ClH/c1-5-6-7-12-30-22-13-17(2)21(16-27-22)23(25(3,4)24(28)29)19-9-8-18-10-11-26-15-20(18)14-19;/h5,8-9,13-14,16,23,26H,1,6-7,10-12,15H2,2-4H3,(H,28,29);1H. The molecule has 3 rings (SSSR count). The molecule has 0 amide bonds. The zero-order chi connectivity index (χ0) is 21.7. The van der Waals surface area contributed by atoms with Gasteiger partial charge < -0.3 is 15.2 Å². The van der Waals surface area contributed by atoms with Crippen LogP contribution in [0.15, 0.2) is 43.1 Å². The Morgan fingerprint density at radius 3 is 2.81 bits per heavy atom. The molecule has 1 aliphatic rings. The number of carbonyl (C=O) groups is 1. The van der Waals surface area contributed by atoms with Gasteiger partial charge in [-0.25, -0.2) is 4.98 Å². The van der Waals surface area contributed by atoms with Crippen molar-refractivity contribution in [1.29, 1.82) is 0 Å². The minimum atomic E-state index is -0.991. The summed E-state index contributed by atoms with van der Waals surface area (Å²) in [6, 6.07) is 8.30. The fourth-order valence-corrected chi connectivity index (χ4v) is 4.11. The minimum Gasteiger partial charge on any atom is -0.481 e. The van der Waals surface area contributed by atoms with Gasteiger partial charge in [0.1, 0.15) is 0 Å². The van der Waals surface area contributed by atoms with Crippen LogP contribution in [0.25, 0.3) is 0 Å². The number of carboxylic acids is 1. The number of carboxylic acid groups (broad SMARTS) is 1. The summed E-state index contributed by atoms with van der Waals surface area (Å²) < 4.78 is 5.75. The maximum Gasteiger partial charge on any atom is 0.310 e. The third kappa shape index (κ3) is 5.66. The van der Waals surface area contributed by atoms with Crippen LogP contribution in [-0.4, -0.2) is 29.2 Å². The van der Waals surface area contributed by atoms with Gasteiger partial charge in [-0.3, -0.25) is 4.79 Å². The van der Waals surface area contributed by atoms with Crippen LogP contribution in [0.5, 0.6) is 5.88 Å². The summed E-state index contributed by atoms with van der Waals surface area (Å²) in [5.74, 6) is -0.570. The Balaban J connectivity index is 0.00000341. The highest BCUT2D eigenvalue weighted by molar-refractivity contribution is 5.85. The molecule has 0 spiro atoms. The number of allylic oxidation sites excluding steroid dienone is 1. The maximum absolute atomic E-state index is 12.2. The van der Waals surface area contributed by atoms with Gasteiger partial charge in [0.05, 0.1) is 12.0 Å². The summed E-state index contributed by atoms with van der Waals surface area (Å²) in [6.07, 6.45) is 6.45. The van der Waals surface area contributed by atoms with Crippen LogP contribution in [-0.2, 0) is 17.8 Å². The number of aromatic nitrogens is 1. The molecule has 0 aliphatic carbocycles. The summed E-state index contributed by atoms with van der Waals surface area (Å²) in [4.78, 5) is 16.7. The molecular formula is C25H33ClN2O3. The average molecular weight is 445 g/mol. The largest absolute Gasteiger partial charge is 0.481 e. The molecule has 6 heteroatoms. The van der Waals surface area contributed by atoms with Gasteiger partial charge in [-0.2, -0.15) is 0 Å². The first-order valence-electron chi connectivity index (χ1n) is 10.6. The van der Waals surface area contributed by atoms with Gasteiger partial charge in [0, 0.05) is 24.7 Å². The Hall–Kier alpha value is -2.37. The molecule has 1 aromatic heterocycles. The minimum absolute atomic E-state index is 0. The molecule has 5 nitrogen and oxygen atoms in total. The number of rotatable bonds is 9. The molecule has 1 unspecified atom stereocenters. The van der Waals surface area contributed by atoms with Gasteiger partial charge in [0.15, 0.2) is 0 Å². The zero-order valence-electron chi connectivity index (χ0n) is 18.6. The van der Waals surface area contributed by atoms with Crippen LogP contribution in [0.4, 0.5) is 0 Å². The number of pyridine rings is 1. The van der Waals surface area contributed by atoms with E-state index in [2.05, 4.69) is 35.1 Å². The van der Waals surface area contributed by atoms with E-state index in [1.807, 2.05) is 19.1 Å². The number of aliphatic carboxylic acids is 1. The molecular weight excluding hydrogens is 412 g/mol. The fourth-order valence-electron chi connectivity index (χ4n) is 4.11. The monoisotopic (exact) mass is 444 g/mol. The number of fused-ring (bicyclic) bond motifs is 1. The van der Waals surface area contributed by atoms with E-state index in [0.29, 0.717) is 12.5 Å². The Kier molecular flexibility index (Phi) is 8.66.